The number of carbonyl (C=O) groups is 1. The van der Waals surface area contributed by atoms with E-state index in [4.69, 9.17) is 9.84 Å². The fraction of sp³-hybridized carbons (Fsp3) is 0.400. The maximum atomic E-state index is 12.3. The third kappa shape index (κ3) is 3.39. The molecular weight excluding hydrogens is 300 g/mol. The third-order valence-corrected chi connectivity index (χ3v) is 3.80. The largest absolute Gasteiger partial charge is 0.394 e. The molecule has 1 fully saturated rings. The standard InChI is InChI=1S/C15H18N4O4/c20-8-13-14(21)10(4-6-23-13)17-15(22)12-7-11(18-19-12)9-3-1-2-5-16-9/h1-3,5,7,10,13-14,20-21H,4,6,8H2,(H,17,22)(H,18,19)/t10-,13+,14-/m0/s1. The highest BCUT2D eigenvalue weighted by Gasteiger charge is 2.33. The average molecular weight is 318 g/mol. The van der Waals surface area contributed by atoms with E-state index in [1.165, 1.54) is 0 Å². The fourth-order valence-electron chi connectivity index (χ4n) is 2.52. The van der Waals surface area contributed by atoms with Crippen molar-refractivity contribution in [1.82, 2.24) is 20.5 Å². The summed E-state index contributed by atoms with van der Waals surface area (Å²) >= 11 is 0. The van der Waals surface area contributed by atoms with E-state index in [2.05, 4.69) is 20.5 Å². The second-order valence-corrected chi connectivity index (χ2v) is 5.33. The summed E-state index contributed by atoms with van der Waals surface area (Å²) in [7, 11) is 0. The summed E-state index contributed by atoms with van der Waals surface area (Å²) in [6.45, 7) is 0.0802. The van der Waals surface area contributed by atoms with Gasteiger partial charge in [-0.3, -0.25) is 14.9 Å². The maximum Gasteiger partial charge on any atom is 0.269 e. The number of hydrogen-bond acceptors (Lipinski definition) is 6. The van der Waals surface area contributed by atoms with Gasteiger partial charge in [0.1, 0.15) is 23.6 Å². The second-order valence-electron chi connectivity index (χ2n) is 5.33. The van der Waals surface area contributed by atoms with Gasteiger partial charge in [0.15, 0.2) is 0 Å². The summed E-state index contributed by atoms with van der Waals surface area (Å²) in [6, 6.07) is 6.56. The Bertz CT molecular complexity index is 661. The van der Waals surface area contributed by atoms with E-state index >= 15 is 0 Å². The van der Waals surface area contributed by atoms with Crippen molar-refractivity contribution in [3.05, 3.63) is 36.2 Å². The van der Waals surface area contributed by atoms with Gasteiger partial charge in [-0.05, 0) is 24.6 Å². The highest BCUT2D eigenvalue weighted by atomic mass is 16.5. The lowest BCUT2D eigenvalue weighted by Crippen LogP contribution is -2.54. The molecule has 0 radical (unpaired) electrons. The molecular formula is C15H18N4O4. The van der Waals surface area contributed by atoms with E-state index in [1.807, 2.05) is 6.07 Å². The number of amides is 1. The molecule has 0 saturated carbocycles. The summed E-state index contributed by atoms with van der Waals surface area (Å²) in [6.07, 6.45) is 0.498. The zero-order valence-electron chi connectivity index (χ0n) is 12.3. The Balaban J connectivity index is 1.68. The lowest BCUT2D eigenvalue weighted by atomic mass is 10.00. The zero-order valence-corrected chi connectivity index (χ0v) is 12.3. The lowest BCUT2D eigenvalue weighted by molar-refractivity contribution is -0.107. The van der Waals surface area contributed by atoms with Gasteiger partial charge < -0.3 is 20.3 Å². The smallest absolute Gasteiger partial charge is 0.269 e. The van der Waals surface area contributed by atoms with Gasteiger partial charge in [-0.1, -0.05) is 6.07 Å². The summed E-state index contributed by atoms with van der Waals surface area (Å²) in [4.78, 5) is 16.5. The minimum atomic E-state index is -0.948. The molecule has 3 atom stereocenters. The van der Waals surface area contributed by atoms with Crippen molar-refractivity contribution < 1.29 is 19.7 Å². The Kier molecular flexibility index (Phi) is 4.65. The molecule has 1 aliphatic heterocycles. The Hall–Kier alpha value is -2.29. The first-order valence-corrected chi connectivity index (χ1v) is 7.37. The SMILES string of the molecule is O=C(N[C@H]1CCO[C@H](CO)[C@H]1O)c1cc(-c2ccccn2)n[nH]1. The molecule has 2 aromatic rings. The van der Waals surface area contributed by atoms with Crippen molar-refractivity contribution in [3.8, 4) is 11.4 Å². The van der Waals surface area contributed by atoms with Crippen molar-refractivity contribution >= 4 is 5.91 Å². The monoisotopic (exact) mass is 318 g/mol. The van der Waals surface area contributed by atoms with Crippen molar-refractivity contribution in [2.75, 3.05) is 13.2 Å². The topological polar surface area (TPSA) is 120 Å². The van der Waals surface area contributed by atoms with Crippen LogP contribution in [-0.4, -0.2) is 62.8 Å². The van der Waals surface area contributed by atoms with Crippen LogP contribution < -0.4 is 5.32 Å². The normalized spacial score (nSPS) is 24.3. The lowest BCUT2D eigenvalue weighted by Gasteiger charge is -2.34. The van der Waals surface area contributed by atoms with Gasteiger partial charge in [0, 0.05) is 12.8 Å². The first-order chi connectivity index (χ1) is 11.2. The molecule has 23 heavy (non-hydrogen) atoms. The van der Waals surface area contributed by atoms with Crippen LogP contribution in [0.2, 0.25) is 0 Å². The molecule has 0 spiro atoms. The van der Waals surface area contributed by atoms with Crippen LogP contribution in [0.25, 0.3) is 11.4 Å². The van der Waals surface area contributed by atoms with Gasteiger partial charge in [0.2, 0.25) is 0 Å². The molecule has 0 unspecified atom stereocenters. The third-order valence-electron chi connectivity index (χ3n) is 3.80. The Morgan fingerprint density at radius 1 is 1.43 bits per heavy atom. The van der Waals surface area contributed by atoms with E-state index in [-0.39, 0.29) is 18.2 Å². The van der Waals surface area contributed by atoms with Crippen LogP contribution in [0.1, 0.15) is 16.9 Å². The first-order valence-electron chi connectivity index (χ1n) is 7.37. The first kappa shape index (κ1) is 15.6. The van der Waals surface area contributed by atoms with E-state index in [0.717, 1.165) is 0 Å². The molecule has 4 N–H and O–H groups in total. The molecule has 8 heteroatoms. The van der Waals surface area contributed by atoms with Crippen molar-refractivity contribution in [1.29, 1.82) is 0 Å². The molecule has 3 heterocycles. The van der Waals surface area contributed by atoms with Crippen molar-refractivity contribution in [2.24, 2.45) is 0 Å². The quantitative estimate of drug-likeness (QED) is 0.615. The molecule has 3 rings (SSSR count). The summed E-state index contributed by atoms with van der Waals surface area (Å²) in [5.41, 5.74) is 1.51. The minimum absolute atomic E-state index is 0.282. The highest BCUT2D eigenvalue weighted by molar-refractivity contribution is 5.93. The van der Waals surface area contributed by atoms with Crippen LogP contribution in [0.15, 0.2) is 30.5 Å². The van der Waals surface area contributed by atoms with Crippen LogP contribution >= 0.6 is 0 Å². The summed E-state index contributed by atoms with van der Waals surface area (Å²) < 4.78 is 5.24. The number of nitrogens with zero attached hydrogens (tertiary/aromatic N) is 2. The second kappa shape index (κ2) is 6.86. The number of aromatic nitrogens is 3. The summed E-state index contributed by atoms with van der Waals surface area (Å²) in [5.74, 6) is -0.373. The van der Waals surface area contributed by atoms with E-state index in [1.54, 1.807) is 24.4 Å². The Morgan fingerprint density at radius 2 is 2.30 bits per heavy atom. The molecule has 1 aliphatic rings. The number of carbonyl (C=O) groups excluding carboxylic acids is 1. The number of pyridine rings is 1. The number of nitrogens with one attached hydrogen (secondary N) is 2. The van der Waals surface area contributed by atoms with Gasteiger partial charge >= 0.3 is 0 Å². The number of aliphatic hydroxyl groups is 2. The van der Waals surface area contributed by atoms with Crippen LogP contribution in [0.3, 0.4) is 0 Å². The van der Waals surface area contributed by atoms with Crippen LogP contribution in [0.5, 0.6) is 0 Å². The van der Waals surface area contributed by atoms with Gasteiger partial charge in [0.05, 0.1) is 18.3 Å². The zero-order chi connectivity index (χ0) is 16.2. The number of hydrogen-bond donors (Lipinski definition) is 4. The number of aromatic amines is 1. The molecule has 8 nitrogen and oxygen atoms in total. The molecule has 122 valence electrons. The van der Waals surface area contributed by atoms with Crippen LogP contribution in [0, 0.1) is 0 Å². The van der Waals surface area contributed by atoms with Crippen LogP contribution in [0.4, 0.5) is 0 Å². The summed E-state index contributed by atoms with van der Waals surface area (Å²) in [5, 5.41) is 28.7. The number of rotatable bonds is 4. The molecule has 1 saturated heterocycles. The van der Waals surface area contributed by atoms with Gasteiger partial charge in [-0.25, -0.2) is 0 Å². The fourth-order valence-corrected chi connectivity index (χ4v) is 2.52. The number of aliphatic hydroxyl groups excluding tert-OH is 2. The van der Waals surface area contributed by atoms with Crippen molar-refractivity contribution in [2.45, 2.75) is 24.7 Å². The predicted octanol–water partition coefficient (Wildman–Crippen LogP) is -0.288. The maximum absolute atomic E-state index is 12.3. The molecule has 0 bridgehead atoms. The molecule has 1 amide bonds. The van der Waals surface area contributed by atoms with Crippen LogP contribution in [-0.2, 0) is 4.74 Å². The van der Waals surface area contributed by atoms with Gasteiger partial charge in [-0.2, -0.15) is 5.10 Å². The minimum Gasteiger partial charge on any atom is -0.394 e. The van der Waals surface area contributed by atoms with Gasteiger partial charge in [-0.15, -0.1) is 0 Å². The number of H-pyrrole nitrogens is 1. The molecule has 0 aromatic carbocycles. The van der Waals surface area contributed by atoms with Crippen molar-refractivity contribution in [3.63, 3.8) is 0 Å². The molecule has 2 aromatic heterocycles. The molecule has 0 aliphatic carbocycles. The number of ether oxygens (including phenoxy) is 1. The highest BCUT2D eigenvalue weighted by Crippen LogP contribution is 2.17. The predicted molar refractivity (Wildman–Crippen MR) is 80.5 cm³/mol. The Labute approximate surface area is 132 Å². The van der Waals surface area contributed by atoms with E-state index in [0.29, 0.717) is 24.4 Å². The van der Waals surface area contributed by atoms with Gasteiger partial charge in [0.25, 0.3) is 5.91 Å². The van der Waals surface area contributed by atoms with E-state index < -0.39 is 18.2 Å². The average Bonchev–Trinajstić information content (AvgIpc) is 3.08. The Morgan fingerprint density at radius 3 is 3.04 bits per heavy atom. The van der Waals surface area contributed by atoms with E-state index in [9.17, 15) is 9.90 Å².